The zero-order chi connectivity index (χ0) is 11.4. The van der Waals surface area contributed by atoms with Crippen molar-refractivity contribution in [3.8, 4) is 11.8 Å². The molecule has 1 N–H and O–H groups in total. The molecule has 0 spiro atoms. The van der Waals surface area contributed by atoms with Crippen LogP contribution >= 0.6 is 11.8 Å². The Morgan fingerprint density at radius 1 is 1.12 bits per heavy atom. The summed E-state index contributed by atoms with van der Waals surface area (Å²) in [5, 5.41) is 17.9. The zero-order valence-electron chi connectivity index (χ0n) is 8.29. The Morgan fingerprint density at radius 2 is 1.88 bits per heavy atom. The van der Waals surface area contributed by atoms with E-state index in [1.165, 1.54) is 11.8 Å². The second kappa shape index (κ2) is 4.69. The van der Waals surface area contributed by atoms with Crippen molar-refractivity contribution < 1.29 is 5.11 Å². The molecule has 0 fully saturated rings. The molecular weight excluding hydrogens is 220 g/mol. The summed E-state index contributed by atoms with van der Waals surface area (Å²) < 4.78 is 0. The van der Waals surface area contributed by atoms with Crippen LogP contribution in [0, 0.1) is 11.3 Å². The van der Waals surface area contributed by atoms with Gasteiger partial charge in [0, 0.05) is 16.0 Å². The summed E-state index contributed by atoms with van der Waals surface area (Å²) in [6.07, 6.45) is 1.61. The van der Waals surface area contributed by atoms with E-state index in [1.54, 1.807) is 24.4 Å². The molecule has 78 valence electrons. The molecule has 0 amide bonds. The fraction of sp³-hybridized carbons (Fsp3) is 0. The van der Waals surface area contributed by atoms with E-state index < -0.39 is 0 Å². The Bertz CT molecular complexity index is 531. The normalized spacial score (nSPS) is 9.69. The Hall–Kier alpha value is -1.99. The van der Waals surface area contributed by atoms with Gasteiger partial charge in [0.25, 0.3) is 0 Å². The van der Waals surface area contributed by atoms with E-state index in [9.17, 15) is 0 Å². The van der Waals surface area contributed by atoms with Gasteiger partial charge in [-0.2, -0.15) is 5.26 Å². The van der Waals surface area contributed by atoms with E-state index >= 15 is 0 Å². The topological polar surface area (TPSA) is 56.9 Å². The number of aromatic nitrogens is 1. The highest BCUT2D eigenvalue weighted by Gasteiger charge is 1.99. The van der Waals surface area contributed by atoms with Gasteiger partial charge in [-0.3, -0.25) is 0 Å². The highest BCUT2D eigenvalue weighted by atomic mass is 32.2. The molecule has 1 heterocycles. The summed E-state index contributed by atoms with van der Waals surface area (Å²) in [5.74, 6) is 0.247. The Balaban J connectivity index is 2.21. The zero-order valence-corrected chi connectivity index (χ0v) is 9.11. The predicted molar refractivity (Wildman–Crippen MR) is 61.2 cm³/mol. The lowest BCUT2D eigenvalue weighted by atomic mass is 10.3. The van der Waals surface area contributed by atoms with Crippen LogP contribution in [-0.2, 0) is 0 Å². The first kappa shape index (κ1) is 10.5. The third-order valence-corrected chi connectivity index (χ3v) is 2.92. The average Bonchev–Trinajstić information content (AvgIpc) is 2.32. The first-order chi connectivity index (χ1) is 7.78. The molecule has 0 aliphatic carbocycles. The van der Waals surface area contributed by atoms with Crippen LogP contribution < -0.4 is 0 Å². The van der Waals surface area contributed by atoms with Gasteiger partial charge >= 0.3 is 0 Å². The van der Waals surface area contributed by atoms with E-state index in [4.69, 9.17) is 10.4 Å². The van der Waals surface area contributed by atoms with Crippen molar-refractivity contribution in [1.82, 2.24) is 4.98 Å². The lowest BCUT2D eigenvalue weighted by molar-refractivity contribution is 0.475. The first-order valence-corrected chi connectivity index (χ1v) is 5.42. The lowest BCUT2D eigenvalue weighted by Gasteiger charge is -2.01. The number of nitriles is 1. The van der Waals surface area contributed by atoms with Gasteiger partial charge in [0.2, 0.25) is 0 Å². The standard InChI is InChI=1S/C12H8N2OS/c13-8-9-7-12(5-6-14-9)16-11-3-1-10(15)2-4-11/h1-7,15H. The van der Waals surface area contributed by atoms with Crippen LogP contribution in [0.15, 0.2) is 52.4 Å². The quantitative estimate of drug-likeness (QED) is 0.858. The summed E-state index contributed by atoms with van der Waals surface area (Å²) in [6.45, 7) is 0. The molecule has 0 radical (unpaired) electrons. The van der Waals surface area contributed by atoms with Gasteiger partial charge < -0.3 is 5.11 Å². The van der Waals surface area contributed by atoms with Crippen LogP contribution in [0.5, 0.6) is 5.75 Å². The molecule has 1 aromatic carbocycles. The van der Waals surface area contributed by atoms with Crippen LogP contribution in [0.4, 0.5) is 0 Å². The predicted octanol–water partition coefficient (Wildman–Crippen LogP) is 2.81. The van der Waals surface area contributed by atoms with Gasteiger partial charge in [-0.05, 0) is 36.4 Å². The van der Waals surface area contributed by atoms with Crippen LogP contribution in [0.1, 0.15) is 5.69 Å². The molecule has 1 aromatic heterocycles. The first-order valence-electron chi connectivity index (χ1n) is 4.61. The molecule has 2 rings (SSSR count). The van der Waals surface area contributed by atoms with Crippen LogP contribution in [-0.4, -0.2) is 10.1 Å². The van der Waals surface area contributed by atoms with Crippen molar-refractivity contribution in [2.24, 2.45) is 0 Å². The van der Waals surface area contributed by atoms with Gasteiger partial charge in [0.05, 0.1) is 0 Å². The van der Waals surface area contributed by atoms with Crippen molar-refractivity contribution in [2.45, 2.75) is 9.79 Å². The van der Waals surface area contributed by atoms with Gasteiger partial charge in [-0.1, -0.05) is 11.8 Å². The summed E-state index contributed by atoms with van der Waals surface area (Å²) in [5.41, 5.74) is 0.406. The number of nitrogens with zero attached hydrogens (tertiary/aromatic N) is 2. The van der Waals surface area contributed by atoms with Crippen molar-refractivity contribution in [3.63, 3.8) is 0 Å². The minimum absolute atomic E-state index is 0.247. The third kappa shape index (κ3) is 2.53. The summed E-state index contributed by atoms with van der Waals surface area (Å²) in [6, 6.07) is 12.5. The van der Waals surface area contributed by atoms with Crippen molar-refractivity contribution in [2.75, 3.05) is 0 Å². The number of rotatable bonds is 2. The number of hydrogen-bond acceptors (Lipinski definition) is 4. The van der Waals surface area contributed by atoms with E-state index in [2.05, 4.69) is 4.98 Å². The van der Waals surface area contributed by atoms with Crippen LogP contribution in [0.25, 0.3) is 0 Å². The molecule has 4 heteroatoms. The molecular formula is C12H8N2OS. The molecule has 3 nitrogen and oxygen atoms in total. The minimum Gasteiger partial charge on any atom is -0.508 e. The third-order valence-electron chi connectivity index (χ3n) is 1.92. The molecule has 0 atom stereocenters. The summed E-state index contributed by atoms with van der Waals surface area (Å²) in [4.78, 5) is 5.86. The van der Waals surface area contributed by atoms with Crippen LogP contribution in [0.3, 0.4) is 0 Å². The van der Waals surface area contributed by atoms with Crippen molar-refractivity contribution in [3.05, 3.63) is 48.3 Å². The molecule has 16 heavy (non-hydrogen) atoms. The molecule has 0 aliphatic heterocycles. The highest BCUT2D eigenvalue weighted by molar-refractivity contribution is 7.99. The van der Waals surface area contributed by atoms with Gasteiger partial charge in [0.15, 0.2) is 0 Å². The average molecular weight is 228 g/mol. The van der Waals surface area contributed by atoms with Gasteiger partial charge in [0.1, 0.15) is 17.5 Å². The van der Waals surface area contributed by atoms with Crippen LogP contribution in [0.2, 0.25) is 0 Å². The number of benzene rings is 1. The Morgan fingerprint density at radius 3 is 2.56 bits per heavy atom. The maximum atomic E-state index is 9.14. The van der Waals surface area contributed by atoms with E-state index in [-0.39, 0.29) is 5.75 Å². The van der Waals surface area contributed by atoms with Crippen molar-refractivity contribution in [1.29, 1.82) is 5.26 Å². The molecule has 0 unspecified atom stereocenters. The Labute approximate surface area is 97.4 Å². The maximum Gasteiger partial charge on any atom is 0.141 e. The number of pyridine rings is 1. The van der Waals surface area contributed by atoms with E-state index in [0.717, 1.165) is 9.79 Å². The second-order valence-corrected chi connectivity index (χ2v) is 4.23. The minimum atomic E-state index is 0.247. The highest BCUT2D eigenvalue weighted by Crippen LogP contribution is 2.28. The van der Waals surface area contributed by atoms with Gasteiger partial charge in [-0.25, -0.2) is 4.98 Å². The largest absolute Gasteiger partial charge is 0.508 e. The monoisotopic (exact) mass is 228 g/mol. The number of hydrogen-bond donors (Lipinski definition) is 1. The molecule has 2 aromatic rings. The number of aromatic hydroxyl groups is 1. The number of phenolic OH excluding ortho intramolecular Hbond substituents is 1. The van der Waals surface area contributed by atoms with E-state index in [0.29, 0.717) is 5.69 Å². The second-order valence-electron chi connectivity index (χ2n) is 3.08. The fourth-order valence-electron chi connectivity index (χ4n) is 1.19. The molecule has 0 aliphatic rings. The van der Waals surface area contributed by atoms with Crippen molar-refractivity contribution >= 4 is 11.8 Å². The summed E-state index contributed by atoms with van der Waals surface area (Å²) >= 11 is 1.52. The molecule has 0 bridgehead atoms. The van der Waals surface area contributed by atoms with E-state index in [1.807, 2.05) is 24.3 Å². The SMILES string of the molecule is N#Cc1cc(Sc2ccc(O)cc2)ccn1. The fourth-order valence-corrected chi connectivity index (χ4v) is 2.03. The lowest BCUT2D eigenvalue weighted by Crippen LogP contribution is -1.81. The number of phenols is 1. The smallest absolute Gasteiger partial charge is 0.141 e. The van der Waals surface area contributed by atoms with Gasteiger partial charge in [-0.15, -0.1) is 0 Å². The summed E-state index contributed by atoms with van der Waals surface area (Å²) in [7, 11) is 0. The Kier molecular flexibility index (Phi) is 3.08. The maximum absolute atomic E-state index is 9.14. The molecule has 0 saturated carbocycles. The molecule has 0 saturated heterocycles.